The van der Waals surface area contributed by atoms with Crippen molar-refractivity contribution < 1.29 is 11.0 Å². The van der Waals surface area contributed by atoms with Gasteiger partial charge in [-0.15, -0.1) is 0 Å². The fourth-order valence-electron chi connectivity index (χ4n) is 1.10. The second kappa shape index (κ2) is 3.84. The van der Waals surface area contributed by atoms with Crippen molar-refractivity contribution >= 4 is 10.9 Å². The van der Waals surface area contributed by atoms with Crippen molar-refractivity contribution in [1.29, 1.82) is 0 Å². The van der Waals surface area contributed by atoms with E-state index in [1.807, 2.05) is 0 Å². The Morgan fingerprint density at radius 2 is 2.36 bits per heavy atom. The van der Waals surface area contributed by atoms with Gasteiger partial charge in [0, 0.05) is 29.1 Å². The van der Waals surface area contributed by atoms with Crippen molar-refractivity contribution in [2.24, 2.45) is 0 Å². The van der Waals surface area contributed by atoms with Crippen LogP contribution < -0.4 is 0 Å². The lowest BCUT2D eigenvalue weighted by molar-refractivity contribution is 0.414. The molecule has 1 aromatic carbocycles. The van der Waals surface area contributed by atoms with Gasteiger partial charge in [-0.2, -0.15) is 0 Å². The Balaban J connectivity index is 2.84. The van der Waals surface area contributed by atoms with Crippen LogP contribution in [0.3, 0.4) is 0 Å². The number of fused-ring (bicyclic) bond motifs is 1. The molecule has 1 aromatic heterocycles. The smallest absolute Gasteiger partial charge is 0.0819 e. The van der Waals surface area contributed by atoms with Gasteiger partial charge in [-0.05, 0) is 32.1 Å². The van der Waals surface area contributed by atoms with Crippen molar-refractivity contribution in [3.8, 4) is 0 Å². The van der Waals surface area contributed by atoms with Crippen LogP contribution in [0.25, 0.3) is 10.9 Å². The van der Waals surface area contributed by atoms with Crippen LogP contribution in [0.4, 0.5) is 0 Å². The molecule has 0 radical (unpaired) electrons. The number of hydrogen-bond donors (Lipinski definition) is 1. The molecule has 14 heavy (non-hydrogen) atoms. The highest BCUT2D eigenvalue weighted by molar-refractivity contribution is 5.83. The van der Waals surface area contributed by atoms with Gasteiger partial charge >= 0.3 is 0 Å². The van der Waals surface area contributed by atoms with Crippen LogP contribution >= 0.6 is 0 Å². The highest BCUT2D eigenvalue weighted by Crippen LogP contribution is 2.17. The van der Waals surface area contributed by atoms with Gasteiger partial charge in [-0.25, -0.2) is 0 Å². The number of likely N-dealkylation sites (N-methyl/N-ethyl adjacent to an activating group) is 1. The fraction of sp³-hybridized carbons (Fsp3) is 0.333. The minimum atomic E-state index is -2.55. The van der Waals surface area contributed by atoms with Gasteiger partial charge in [0.2, 0.25) is 0 Å². The Hall–Kier alpha value is -1.28. The summed E-state index contributed by atoms with van der Waals surface area (Å²) in [7, 11) is 2.79. The van der Waals surface area contributed by atoms with E-state index < -0.39 is 12.9 Å². The standard InChI is InChI=1S/C12H16N2/c1-14(2)8-7-10-9-13-12-6-4-3-5-11(10)12/h3-6,9,13H,7-8H2,1-2H3/i3D,4D,6D,7D2,8D2,9D. The van der Waals surface area contributed by atoms with Gasteiger partial charge in [-0.1, -0.05) is 18.2 Å². The maximum atomic E-state index is 8.18. The van der Waals surface area contributed by atoms with Gasteiger partial charge < -0.3 is 9.88 Å². The van der Waals surface area contributed by atoms with Crippen LogP contribution in [-0.2, 0) is 6.37 Å². The Labute approximate surface area is 95.8 Å². The van der Waals surface area contributed by atoms with Crippen LogP contribution in [0.5, 0.6) is 0 Å². The molecule has 0 aliphatic carbocycles. The highest BCUT2D eigenvalue weighted by atomic mass is 15.0. The van der Waals surface area contributed by atoms with E-state index in [4.69, 9.17) is 11.0 Å². The topological polar surface area (TPSA) is 19.0 Å². The number of hydrogen-bond acceptors (Lipinski definition) is 1. The summed E-state index contributed by atoms with van der Waals surface area (Å²) in [6, 6.07) is 0.308. The molecule has 0 bridgehead atoms. The number of nitrogens with one attached hydrogen (secondary N) is 1. The summed E-state index contributed by atoms with van der Waals surface area (Å²) in [6.45, 7) is -2.40. The lowest BCUT2D eigenvalue weighted by Gasteiger charge is -2.07. The molecule has 0 aliphatic rings. The molecule has 0 unspecified atom stereocenters. The summed E-state index contributed by atoms with van der Waals surface area (Å²) in [5.74, 6) is 0. The highest BCUT2D eigenvalue weighted by Gasteiger charge is 2.02. The Bertz CT molecular complexity index is 735. The van der Waals surface area contributed by atoms with Gasteiger partial charge in [0.05, 0.1) is 5.48 Å². The fourth-order valence-corrected chi connectivity index (χ4v) is 1.10. The molecule has 0 spiro atoms. The van der Waals surface area contributed by atoms with Gasteiger partial charge in [0.1, 0.15) is 0 Å². The number of nitrogens with zero attached hydrogens (tertiary/aromatic N) is 1. The molecule has 0 saturated heterocycles. The molecule has 2 aromatic rings. The lowest BCUT2D eigenvalue weighted by Crippen LogP contribution is -2.14. The van der Waals surface area contributed by atoms with Crippen molar-refractivity contribution in [2.45, 2.75) is 6.37 Å². The van der Waals surface area contributed by atoms with E-state index >= 15 is 0 Å². The third kappa shape index (κ3) is 1.80. The zero-order valence-electron chi connectivity index (χ0n) is 16.0. The van der Waals surface area contributed by atoms with Crippen LogP contribution in [0.15, 0.2) is 30.4 Å². The van der Waals surface area contributed by atoms with Crippen molar-refractivity contribution in [3.05, 3.63) is 35.9 Å². The number of rotatable bonds is 3. The van der Waals surface area contributed by atoms with Gasteiger partial charge in [0.25, 0.3) is 0 Å². The van der Waals surface area contributed by atoms with E-state index in [9.17, 15) is 0 Å². The number of aromatic nitrogens is 1. The molecule has 0 aliphatic heterocycles. The van der Waals surface area contributed by atoms with Crippen LogP contribution in [-0.4, -0.2) is 30.5 Å². The van der Waals surface area contributed by atoms with Crippen molar-refractivity contribution in [3.63, 3.8) is 0 Å². The molecule has 74 valence electrons. The SMILES string of the molecule is [2H]c1cc2c(C([2H])([2H])C([2H])([2H])N(C)C)c([2H])[nH]c2c([2H])c1[2H]. The Kier molecular flexibility index (Phi) is 1.02. The maximum Gasteiger partial charge on any atom is 0.0819 e. The molecular weight excluding hydrogens is 172 g/mol. The minimum Gasteiger partial charge on any atom is -0.361 e. The summed E-state index contributed by atoms with van der Waals surface area (Å²) >= 11 is 0. The first kappa shape index (κ1) is 3.70. The third-order valence-electron chi connectivity index (χ3n) is 1.73. The summed E-state index contributed by atoms with van der Waals surface area (Å²) < 4.78 is 63.4. The molecule has 2 heteroatoms. The van der Waals surface area contributed by atoms with Crippen LogP contribution in [0, 0.1) is 0 Å². The predicted molar refractivity (Wildman–Crippen MR) is 60.6 cm³/mol. The van der Waals surface area contributed by atoms with E-state index in [-0.39, 0.29) is 40.8 Å². The van der Waals surface area contributed by atoms with E-state index in [1.54, 1.807) is 0 Å². The molecule has 1 heterocycles. The van der Waals surface area contributed by atoms with Crippen LogP contribution in [0.2, 0.25) is 0 Å². The molecule has 0 amide bonds. The number of H-pyrrole nitrogens is 1. The molecule has 2 nitrogen and oxygen atoms in total. The van der Waals surface area contributed by atoms with Gasteiger partial charge in [-0.3, -0.25) is 0 Å². The molecule has 0 saturated carbocycles. The Morgan fingerprint density at radius 3 is 3.14 bits per heavy atom. The number of aryl methyl sites for hydroxylation is 1. The second-order valence-corrected chi connectivity index (χ2v) is 3.08. The molecular formula is C12H16N2. The van der Waals surface area contributed by atoms with Crippen molar-refractivity contribution in [1.82, 2.24) is 9.88 Å². The van der Waals surface area contributed by atoms with Crippen molar-refractivity contribution in [2.75, 3.05) is 20.6 Å². The largest absolute Gasteiger partial charge is 0.361 e. The summed E-state index contributed by atoms with van der Waals surface area (Å²) in [4.78, 5) is 3.61. The normalized spacial score (nSPS) is 21.6. The first-order valence-electron chi connectivity index (χ1n) is 8.20. The average Bonchev–Trinajstić information content (AvgIpc) is 2.72. The maximum absolute atomic E-state index is 8.18. The van der Waals surface area contributed by atoms with E-state index in [0.717, 1.165) is 4.90 Å². The zero-order chi connectivity index (χ0) is 17.0. The minimum absolute atomic E-state index is 0.0689. The molecule has 1 N–H and O–H groups in total. The van der Waals surface area contributed by atoms with Gasteiger partial charge in [0.15, 0.2) is 0 Å². The number of aromatic amines is 1. The molecule has 2 rings (SSSR count). The first-order valence-corrected chi connectivity index (χ1v) is 4.20. The first-order chi connectivity index (χ1) is 9.92. The van der Waals surface area contributed by atoms with E-state index in [0.29, 0.717) is 0 Å². The summed E-state index contributed by atoms with van der Waals surface area (Å²) in [5, 5.41) is 0.0896. The monoisotopic (exact) mass is 196 g/mol. The second-order valence-electron chi connectivity index (χ2n) is 3.08. The predicted octanol–water partition coefficient (Wildman–Crippen LogP) is 2.27. The number of benzene rings is 1. The summed E-state index contributed by atoms with van der Waals surface area (Å²) in [5.41, 5.74) is -0.178. The number of para-hydroxylation sites is 1. The lowest BCUT2D eigenvalue weighted by atomic mass is 10.1. The molecule has 0 fully saturated rings. The average molecular weight is 196 g/mol. The van der Waals surface area contributed by atoms with E-state index in [2.05, 4.69) is 4.98 Å². The molecule has 0 atom stereocenters. The Morgan fingerprint density at radius 1 is 1.50 bits per heavy atom. The van der Waals surface area contributed by atoms with Crippen LogP contribution in [0.1, 0.15) is 16.5 Å². The summed E-state index contributed by atoms with van der Waals surface area (Å²) in [6.07, 6.45) is -2.90. The zero-order valence-corrected chi connectivity index (χ0v) is 8.02. The third-order valence-corrected chi connectivity index (χ3v) is 1.73. The quantitative estimate of drug-likeness (QED) is 0.798. The van der Waals surface area contributed by atoms with E-state index in [1.165, 1.54) is 20.2 Å².